The van der Waals surface area contributed by atoms with Crippen molar-refractivity contribution < 1.29 is 22.7 Å². The standard InChI is InChI=1S/C22H24F3N7O2/c1-12-17-19(32(4)13(2)20(33)28-17)29-21(27-12)26-9-14-5-7-16(8-6-14)34-11-15-10-31(3)30-18(15)22(23,24)25/h5-8,10,13H,9,11H2,1-4H3,(H,28,33)(H,26,27,29)/t13-/m0/s1. The molecule has 4 rings (SSSR count). The Morgan fingerprint density at radius 3 is 2.56 bits per heavy atom. The van der Waals surface area contributed by atoms with E-state index in [2.05, 4.69) is 25.7 Å². The zero-order valence-corrected chi connectivity index (χ0v) is 19.1. The number of aryl methyl sites for hydroxylation is 2. The third-order valence-electron chi connectivity index (χ3n) is 5.55. The normalized spacial score (nSPS) is 15.7. The molecule has 12 heteroatoms. The first-order chi connectivity index (χ1) is 16.0. The Labute approximate surface area is 194 Å². The van der Waals surface area contributed by atoms with Crippen molar-refractivity contribution in [3.8, 4) is 5.75 Å². The Kier molecular flexibility index (Phi) is 6.07. The van der Waals surface area contributed by atoms with Crippen LogP contribution in [0.1, 0.15) is 29.4 Å². The Morgan fingerprint density at radius 2 is 1.88 bits per heavy atom. The molecule has 1 aliphatic rings. The van der Waals surface area contributed by atoms with Gasteiger partial charge in [0.15, 0.2) is 11.5 Å². The molecule has 0 bridgehead atoms. The number of halogens is 3. The number of hydrogen-bond acceptors (Lipinski definition) is 7. The van der Waals surface area contributed by atoms with Gasteiger partial charge in [0, 0.05) is 32.4 Å². The molecule has 1 atom stereocenters. The minimum Gasteiger partial charge on any atom is -0.489 e. The fourth-order valence-corrected chi connectivity index (χ4v) is 3.55. The maximum absolute atomic E-state index is 13.1. The van der Waals surface area contributed by atoms with Gasteiger partial charge >= 0.3 is 6.18 Å². The molecule has 0 unspecified atom stereocenters. The third kappa shape index (κ3) is 4.75. The summed E-state index contributed by atoms with van der Waals surface area (Å²) in [6.45, 7) is 3.77. The summed E-state index contributed by atoms with van der Waals surface area (Å²) in [5, 5.41) is 9.48. The van der Waals surface area contributed by atoms with E-state index in [1.807, 2.05) is 0 Å². The summed E-state index contributed by atoms with van der Waals surface area (Å²) in [7, 11) is 3.24. The number of ether oxygens (including phenoxy) is 1. The number of anilines is 3. The lowest BCUT2D eigenvalue weighted by Gasteiger charge is -2.32. The molecular weight excluding hydrogens is 451 g/mol. The smallest absolute Gasteiger partial charge is 0.435 e. The molecule has 34 heavy (non-hydrogen) atoms. The van der Waals surface area contributed by atoms with E-state index in [4.69, 9.17) is 4.74 Å². The van der Waals surface area contributed by atoms with Crippen molar-refractivity contribution in [3.05, 3.63) is 53.0 Å². The summed E-state index contributed by atoms with van der Waals surface area (Å²) >= 11 is 0. The van der Waals surface area contributed by atoms with Crippen LogP contribution in [0, 0.1) is 6.92 Å². The van der Waals surface area contributed by atoms with Gasteiger partial charge in [0.05, 0.1) is 5.69 Å². The molecule has 0 aliphatic carbocycles. The molecule has 2 aromatic heterocycles. The lowest BCUT2D eigenvalue weighted by Crippen LogP contribution is -2.44. The summed E-state index contributed by atoms with van der Waals surface area (Å²) in [5.74, 6) is 1.39. The van der Waals surface area contributed by atoms with Gasteiger partial charge in [-0.05, 0) is 31.5 Å². The average Bonchev–Trinajstić information content (AvgIpc) is 3.17. The Hall–Kier alpha value is -3.83. The monoisotopic (exact) mass is 475 g/mol. The highest BCUT2D eigenvalue weighted by Crippen LogP contribution is 2.33. The van der Waals surface area contributed by atoms with Gasteiger partial charge in [-0.25, -0.2) is 4.98 Å². The fourth-order valence-electron chi connectivity index (χ4n) is 3.55. The van der Waals surface area contributed by atoms with Gasteiger partial charge in [-0.15, -0.1) is 0 Å². The van der Waals surface area contributed by atoms with Crippen LogP contribution in [0.5, 0.6) is 5.75 Å². The number of likely N-dealkylation sites (N-methyl/N-ethyl adjacent to an activating group) is 1. The number of rotatable bonds is 6. The first kappa shape index (κ1) is 23.3. The van der Waals surface area contributed by atoms with Crippen molar-refractivity contribution in [2.75, 3.05) is 22.6 Å². The van der Waals surface area contributed by atoms with Crippen molar-refractivity contribution in [2.24, 2.45) is 7.05 Å². The van der Waals surface area contributed by atoms with Gasteiger partial charge in [-0.2, -0.15) is 23.3 Å². The van der Waals surface area contributed by atoms with E-state index in [9.17, 15) is 18.0 Å². The third-order valence-corrected chi connectivity index (χ3v) is 5.55. The molecule has 0 saturated heterocycles. The maximum Gasteiger partial charge on any atom is 0.435 e. The minimum atomic E-state index is -4.54. The summed E-state index contributed by atoms with van der Waals surface area (Å²) in [4.78, 5) is 22.8. The molecule has 3 aromatic rings. The van der Waals surface area contributed by atoms with E-state index >= 15 is 0 Å². The van der Waals surface area contributed by atoms with Crippen LogP contribution in [0.3, 0.4) is 0 Å². The van der Waals surface area contributed by atoms with Crippen LogP contribution in [0.2, 0.25) is 0 Å². The zero-order valence-electron chi connectivity index (χ0n) is 19.1. The summed E-state index contributed by atoms with van der Waals surface area (Å²) in [5.41, 5.74) is 1.17. The first-order valence-electron chi connectivity index (χ1n) is 10.5. The Morgan fingerprint density at radius 1 is 1.18 bits per heavy atom. The van der Waals surface area contributed by atoms with Crippen molar-refractivity contribution in [1.29, 1.82) is 0 Å². The van der Waals surface area contributed by atoms with Gasteiger partial charge in [0.25, 0.3) is 0 Å². The number of nitrogens with one attached hydrogen (secondary N) is 2. The molecule has 3 heterocycles. The van der Waals surface area contributed by atoms with Crippen molar-refractivity contribution in [1.82, 2.24) is 19.7 Å². The summed E-state index contributed by atoms with van der Waals surface area (Å²) in [6, 6.07) is 6.63. The molecule has 2 N–H and O–H groups in total. The SMILES string of the molecule is Cc1nc(NCc2ccc(OCc3cn(C)nc3C(F)(F)F)cc2)nc2c1NC(=O)[C@H](C)N2C. The molecule has 0 radical (unpaired) electrons. The van der Waals surface area contributed by atoms with Gasteiger partial charge in [-0.3, -0.25) is 9.48 Å². The van der Waals surface area contributed by atoms with Gasteiger partial charge in [-0.1, -0.05) is 12.1 Å². The van der Waals surface area contributed by atoms with Crippen molar-refractivity contribution >= 4 is 23.4 Å². The number of fused-ring (bicyclic) bond motifs is 1. The van der Waals surface area contributed by atoms with Crippen LogP contribution >= 0.6 is 0 Å². The van der Waals surface area contributed by atoms with Gasteiger partial charge in [0.2, 0.25) is 11.9 Å². The molecule has 0 fully saturated rings. The van der Waals surface area contributed by atoms with E-state index < -0.39 is 11.9 Å². The number of benzene rings is 1. The van der Waals surface area contributed by atoms with E-state index in [0.29, 0.717) is 35.4 Å². The van der Waals surface area contributed by atoms with Gasteiger partial charge in [0.1, 0.15) is 24.1 Å². The lowest BCUT2D eigenvalue weighted by atomic mass is 10.2. The summed E-state index contributed by atoms with van der Waals surface area (Å²) < 4.78 is 45.9. The first-order valence-corrected chi connectivity index (χ1v) is 10.5. The second-order valence-corrected chi connectivity index (χ2v) is 8.07. The molecule has 0 saturated carbocycles. The molecule has 180 valence electrons. The van der Waals surface area contributed by atoms with Crippen LogP contribution in [-0.2, 0) is 31.2 Å². The number of carbonyl (C=O) groups excluding carboxylic acids is 1. The van der Waals surface area contributed by atoms with E-state index in [1.54, 1.807) is 50.1 Å². The molecular formula is C22H24F3N7O2. The summed E-state index contributed by atoms with van der Waals surface area (Å²) in [6.07, 6.45) is -3.24. The van der Waals surface area contributed by atoms with Crippen LogP contribution < -0.4 is 20.3 Å². The second-order valence-electron chi connectivity index (χ2n) is 8.07. The number of alkyl halides is 3. The molecule has 0 spiro atoms. The zero-order chi connectivity index (χ0) is 24.6. The quantitative estimate of drug-likeness (QED) is 0.563. The number of aromatic nitrogens is 4. The Bertz CT molecular complexity index is 1210. The number of nitrogens with zero attached hydrogens (tertiary/aromatic N) is 5. The van der Waals surface area contributed by atoms with Crippen molar-refractivity contribution in [2.45, 2.75) is 39.2 Å². The molecule has 9 nitrogen and oxygen atoms in total. The number of hydrogen-bond donors (Lipinski definition) is 2. The predicted molar refractivity (Wildman–Crippen MR) is 120 cm³/mol. The van der Waals surface area contributed by atoms with Crippen LogP contribution in [0.25, 0.3) is 0 Å². The highest BCUT2D eigenvalue weighted by Gasteiger charge is 2.37. The van der Waals surface area contributed by atoms with Crippen molar-refractivity contribution in [3.63, 3.8) is 0 Å². The fraction of sp³-hybridized carbons (Fsp3) is 0.364. The topological polar surface area (TPSA) is 97.2 Å². The van der Waals surface area contributed by atoms with E-state index in [1.165, 1.54) is 13.2 Å². The van der Waals surface area contributed by atoms with Gasteiger partial charge < -0.3 is 20.3 Å². The molecule has 1 amide bonds. The largest absolute Gasteiger partial charge is 0.489 e. The van der Waals surface area contributed by atoms with Crippen LogP contribution in [-0.4, -0.2) is 38.7 Å². The highest BCUT2D eigenvalue weighted by atomic mass is 19.4. The highest BCUT2D eigenvalue weighted by molar-refractivity contribution is 6.03. The average molecular weight is 475 g/mol. The Balaban J connectivity index is 1.39. The minimum absolute atomic E-state index is 0.0313. The van der Waals surface area contributed by atoms with Crippen LogP contribution in [0.4, 0.5) is 30.6 Å². The molecule has 1 aromatic carbocycles. The van der Waals surface area contributed by atoms with E-state index in [0.717, 1.165) is 10.2 Å². The maximum atomic E-state index is 13.1. The second kappa shape index (κ2) is 8.84. The predicted octanol–water partition coefficient (Wildman–Crippen LogP) is 3.51. The molecule has 1 aliphatic heterocycles. The van der Waals surface area contributed by atoms with E-state index in [-0.39, 0.29) is 24.1 Å². The van der Waals surface area contributed by atoms with Crippen LogP contribution in [0.15, 0.2) is 30.5 Å². The number of amides is 1. The number of carbonyl (C=O) groups is 1. The lowest BCUT2D eigenvalue weighted by molar-refractivity contribution is -0.142.